The van der Waals surface area contributed by atoms with Crippen LogP contribution in [0, 0.1) is 0 Å². The highest BCUT2D eigenvalue weighted by molar-refractivity contribution is 6.35. The number of carbonyl (C=O) groups is 1. The van der Waals surface area contributed by atoms with Crippen molar-refractivity contribution in [3.63, 3.8) is 0 Å². The van der Waals surface area contributed by atoms with E-state index in [1.807, 2.05) is 12.1 Å². The van der Waals surface area contributed by atoms with Crippen LogP contribution in [0.2, 0.25) is 5.02 Å². The monoisotopic (exact) mass is 531 g/mol. The van der Waals surface area contributed by atoms with E-state index in [-0.39, 0.29) is 10.7 Å². The van der Waals surface area contributed by atoms with Crippen LogP contribution in [0.15, 0.2) is 53.6 Å². The van der Waals surface area contributed by atoms with Gasteiger partial charge < -0.3 is 20.1 Å². The van der Waals surface area contributed by atoms with Crippen LogP contribution >= 0.6 is 11.6 Å². The van der Waals surface area contributed by atoms with Crippen molar-refractivity contribution in [2.75, 3.05) is 5.32 Å². The molecule has 5 aromatic rings. The molecular weight excluding hydrogens is 506 g/mol. The fourth-order valence-corrected chi connectivity index (χ4v) is 4.11. The van der Waals surface area contributed by atoms with Gasteiger partial charge in [0.25, 0.3) is 5.91 Å². The van der Waals surface area contributed by atoms with Gasteiger partial charge in [0.05, 0.1) is 6.04 Å². The third-order valence-corrected chi connectivity index (χ3v) is 6.29. The van der Waals surface area contributed by atoms with E-state index in [1.165, 1.54) is 19.2 Å². The molecule has 194 valence electrons. The SMILES string of the molecule is CCCCCc1ccc2nc(-c3cc([C@@H](C)NC(=O)c4ncnc(Nc5ccncc5)c4Cl)on3)[nH]c2n1. The van der Waals surface area contributed by atoms with Gasteiger partial charge in [-0.25, -0.2) is 19.9 Å². The zero-order valence-corrected chi connectivity index (χ0v) is 21.7. The number of nitrogens with one attached hydrogen (secondary N) is 3. The van der Waals surface area contributed by atoms with E-state index >= 15 is 0 Å². The van der Waals surface area contributed by atoms with Crippen LogP contribution in [-0.2, 0) is 6.42 Å². The Labute approximate surface area is 223 Å². The summed E-state index contributed by atoms with van der Waals surface area (Å²) in [5.41, 5.74) is 3.75. The summed E-state index contributed by atoms with van der Waals surface area (Å²) in [5, 5.41) is 10.1. The molecule has 0 aromatic carbocycles. The third-order valence-electron chi connectivity index (χ3n) is 5.93. The number of H-pyrrole nitrogens is 1. The van der Waals surface area contributed by atoms with Gasteiger partial charge in [0.2, 0.25) is 0 Å². The number of carbonyl (C=O) groups excluding carboxylic acids is 1. The Bertz CT molecular complexity index is 1550. The molecule has 0 saturated heterocycles. The average Bonchev–Trinajstić information content (AvgIpc) is 3.58. The molecule has 5 rings (SSSR count). The topological polar surface area (TPSA) is 147 Å². The molecule has 5 aromatic heterocycles. The van der Waals surface area contributed by atoms with Gasteiger partial charge in [-0.2, -0.15) is 0 Å². The van der Waals surface area contributed by atoms with Gasteiger partial charge in [0.15, 0.2) is 28.7 Å². The van der Waals surface area contributed by atoms with E-state index < -0.39 is 11.9 Å². The number of aromatic nitrogens is 7. The number of fused-ring (bicyclic) bond motifs is 1. The summed E-state index contributed by atoms with van der Waals surface area (Å²) in [5.74, 6) is 0.809. The number of imidazole rings is 1. The van der Waals surface area contributed by atoms with E-state index in [9.17, 15) is 4.79 Å². The molecule has 0 spiro atoms. The molecule has 0 saturated carbocycles. The molecule has 0 fully saturated rings. The van der Waals surface area contributed by atoms with Gasteiger partial charge in [-0.05, 0) is 44.0 Å². The lowest BCUT2D eigenvalue weighted by Gasteiger charge is -2.12. The summed E-state index contributed by atoms with van der Waals surface area (Å²) in [4.78, 5) is 37.6. The van der Waals surface area contributed by atoms with Crippen molar-refractivity contribution in [3.8, 4) is 11.5 Å². The van der Waals surface area contributed by atoms with Crippen molar-refractivity contribution in [2.24, 2.45) is 0 Å². The Morgan fingerprint density at radius 2 is 1.97 bits per heavy atom. The lowest BCUT2D eigenvalue weighted by atomic mass is 10.1. The number of amides is 1. The number of pyridine rings is 2. The molecule has 0 radical (unpaired) electrons. The number of hydrogen-bond acceptors (Lipinski definition) is 9. The minimum Gasteiger partial charge on any atom is -0.358 e. The standard InChI is InChI=1S/C26H26ClN9O2/c1-3-4-5-6-16-7-8-18-23(32-16)35-24(34-18)19-13-20(38-36-19)15(2)31-26(37)22-21(27)25(30-14-29-22)33-17-9-11-28-12-10-17/h7-15H,3-6H2,1-2H3,(H,31,37)(H,32,34,35)(H,28,29,30,33)/t15-/m1/s1. The lowest BCUT2D eigenvalue weighted by molar-refractivity contribution is 0.0928. The molecule has 0 aliphatic rings. The van der Waals surface area contributed by atoms with E-state index in [2.05, 4.69) is 52.6 Å². The molecule has 12 heteroatoms. The second-order valence-electron chi connectivity index (χ2n) is 8.77. The summed E-state index contributed by atoms with van der Waals surface area (Å²) in [7, 11) is 0. The summed E-state index contributed by atoms with van der Waals surface area (Å²) in [6.45, 7) is 3.95. The Balaban J connectivity index is 1.27. The van der Waals surface area contributed by atoms with Crippen LogP contribution in [0.1, 0.15) is 61.1 Å². The lowest BCUT2D eigenvalue weighted by Crippen LogP contribution is -2.27. The highest BCUT2D eigenvalue weighted by Gasteiger charge is 2.22. The fourth-order valence-electron chi connectivity index (χ4n) is 3.88. The first-order valence-corrected chi connectivity index (χ1v) is 12.7. The van der Waals surface area contributed by atoms with Crippen molar-refractivity contribution in [1.82, 2.24) is 40.4 Å². The number of nitrogens with zero attached hydrogens (tertiary/aromatic N) is 6. The van der Waals surface area contributed by atoms with Crippen LogP contribution in [-0.4, -0.2) is 41.0 Å². The maximum absolute atomic E-state index is 13.0. The van der Waals surface area contributed by atoms with Crippen molar-refractivity contribution in [1.29, 1.82) is 0 Å². The zero-order valence-electron chi connectivity index (χ0n) is 20.9. The first kappa shape index (κ1) is 25.3. The van der Waals surface area contributed by atoms with Gasteiger partial charge in [-0.1, -0.05) is 36.5 Å². The normalized spacial score (nSPS) is 12.0. The van der Waals surface area contributed by atoms with Gasteiger partial charge in [0, 0.05) is 29.8 Å². The van der Waals surface area contributed by atoms with Crippen LogP contribution in [0.5, 0.6) is 0 Å². The number of rotatable bonds is 10. The van der Waals surface area contributed by atoms with Gasteiger partial charge in [-0.3, -0.25) is 9.78 Å². The smallest absolute Gasteiger partial charge is 0.272 e. The van der Waals surface area contributed by atoms with Crippen molar-refractivity contribution < 1.29 is 9.32 Å². The molecule has 1 atom stereocenters. The van der Waals surface area contributed by atoms with Crippen molar-refractivity contribution >= 4 is 40.2 Å². The minimum absolute atomic E-state index is 0.0305. The van der Waals surface area contributed by atoms with Crippen LogP contribution in [0.3, 0.4) is 0 Å². The van der Waals surface area contributed by atoms with Crippen molar-refractivity contribution in [2.45, 2.75) is 45.6 Å². The van der Waals surface area contributed by atoms with Crippen LogP contribution < -0.4 is 10.6 Å². The van der Waals surface area contributed by atoms with Gasteiger partial charge in [0.1, 0.15) is 22.6 Å². The molecule has 38 heavy (non-hydrogen) atoms. The molecule has 0 aliphatic heterocycles. The summed E-state index contributed by atoms with van der Waals surface area (Å²) in [6, 6.07) is 8.68. The molecule has 3 N–H and O–H groups in total. The van der Waals surface area contributed by atoms with Crippen LogP contribution in [0.4, 0.5) is 11.5 Å². The van der Waals surface area contributed by atoms with E-state index in [0.29, 0.717) is 28.7 Å². The second kappa shape index (κ2) is 11.3. The maximum Gasteiger partial charge on any atom is 0.272 e. The zero-order chi connectivity index (χ0) is 26.5. The number of anilines is 2. The Kier molecular flexibility index (Phi) is 7.55. The highest BCUT2D eigenvalue weighted by atomic mass is 35.5. The number of unbranched alkanes of at least 4 members (excludes halogenated alkanes) is 2. The summed E-state index contributed by atoms with van der Waals surface area (Å²) in [6.07, 6.45) is 8.92. The first-order chi connectivity index (χ1) is 18.5. The number of aromatic amines is 1. The maximum atomic E-state index is 13.0. The molecular formula is C26H26ClN9O2. The molecule has 0 aliphatic carbocycles. The molecule has 0 unspecified atom stereocenters. The van der Waals surface area contributed by atoms with E-state index in [4.69, 9.17) is 16.1 Å². The van der Waals surface area contributed by atoms with Crippen LogP contribution in [0.25, 0.3) is 22.7 Å². The number of halogens is 1. The van der Waals surface area contributed by atoms with E-state index in [1.54, 1.807) is 37.5 Å². The van der Waals surface area contributed by atoms with Gasteiger partial charge in [-0.15, -0.1) is 0 Å². The Hall–Kier alpha value is -4.38. The molecule has 1 amide bonds. The minimum atomic E-state index is -0.515. The predicted molar refractivity (Wildman–Crippen MR) is 143 cm³/mol. The molecule has 11 nitrogen and oxygen atoms in total. The van der Waals surface area contributed by atoms with Crippen molar-refractivity contribution in [3.05, 3.63) is 71.2 Å². The average molecular weight is 532 g/mol. The summed E-state index contributed by atoms with van der Waals surface area (Å²) < 4.78 is 5.51. The first-order valence-electron chi connectivity index (χ1n) is 12.3. The quantitative estimate of drug-likeness (QED) is 0.201. The number of aryl methyl sites for hydroxylation is 1. The van der Waals surface area contributed by atoms with E-state index in [0.717, 1.165) is 29.7 Å². The third kappa shape index (κ3) is 5.62. The number of hydrogen-bond donors (Lipinski definition) is 3. The predicted octanol–water partition coefficient (Wildman–Crippen LogP) is 5.42. The van der Waals surface area contributed by atoms with Gasteiger partial charge >= 0.3 is 0 Å². The second-order valence-corrected chi connectivity index (χ2v) is 9.15. The largest absolute Gasteiger partial charge is 0.358 e. The highest BCUT2D eigenvalue weighted by Crippen LogP contribution is 2.27. The Morgan fingerprint density at radius 3 is 2.79 bits per heavy atom. The fraction of sp³-hybridized carbons (Fsp3) is 0.269. The summed E-state index contributed by atoms with van der Waals surface area (Å²) >= 11 is 6.43. The molecule has 5 heterocycles. The molecule has 0 bridgehead atoms. The Morgan fingerprint density at radius 1 is 1.13 bits per heavy atom.